The van der Waals surface area contributed by atoms with Gasteiger partial charge in [-0.3, -0.25) is 4.98 Å². The van der Waals surface area contributed by atoms with Gasteiger partial charge in [0, 0.05) is 34.0 Å². The highest BCUT2D eigenvalue weighted by molar-refractivity contribution is 5.86. The second-order valence-electron chi connectivity index (χ2n) is 5.91. The third kappa shape index (κ3) is 2.65. The van der Waals surface area contributed by atoms with Crippen molar-refractivity contribution >= 4 is 16.6 Å². The molecule has 0 aliphatic rings. The molecule has 0 aliphatic carbocycles. The standard InChI is InChI=1S/C21H19N3/c1-15-20(17-11-5-6-12-18(17)23-15)21(19-13-7-8-14-22-19)24-16-9-3-2-4-10-16/h2-14,21,23-24H,1H3. The maximum absolute atomic E-state index is 4.60. The average molecular weight is 313 g/mol. The zero-order valence-electron chi connectivity index (χ0n) is 13.5. The fraction of sp³-hybridized carbons (Fsp3) is 0.0952. The van der Waals surface area contributed by atoms with Crippen molar-refractivity contribution in [3.63, 3.8) is 0 Å². The van der Waals surface area contributed by atoms with Gasteiger partial charge < -0.3 is 10.3 Å². The monoisotopic (exact) mass is 313 g/mol. The molecule has 0 saturated heterocycles. The van der Waals surface area contributed by atoms with Crippen LogP contribution in [0.4, 0.5) is 5.69 Å². The quantitative estimate of drug-likeness (QED) is 0.552. The Morgan fingerprint density at radius 3 is 2.42 bits per heavy atom. The van der Waals surface area contributed by atoms with Crippen LogP contribution in [0.15, 0.2) is 79.0 Å². The number of hydrogen-bond acceptors (Lipinski definition) is 2. The Bertz CT molecular complexity index is 943. The summed E-state index contributed by atoms with van der Waals surface area (Å²) in [5.41, 5.74) is 5.65. The van der Waals surface area contributed by atoms with Gasteiger partial charge in [-0.1, -0.05) is 42.5 Å². The van der Waals surface area contributed by atoms with Crippen molar-refractivity contribution in [2.24, 2.45) is 0 Å². The first-order chi connectivity index (χ1) is 11.8. The summed E-state index contributed by atoms with van der Waals surface area (Å²) in [4.78, 5) is 8.10. The highest BCUT2D eigenvalue weighted by Gasteiger charge is 2.21. The van der Waals surface area contributed by atoms with Gasteiger partial charge in [0.25, 0.3) is 0 Å². The van der Waals surface area contributed by atoms with Gasteiger partial charge in [-0.2, -0.15) is 0 Å². The molecule has 0 saturated carbocycles. The van der Waals surface area contributed by atoms with Crippen LogP contribution >= 0.6 is 0 Å². The third-order valence-electron chi connectivity index (χ3n) is 4.30. The molecule has 24 heavy (non-hydrogen) atoms. The number of nitrogens with one attached hydrogen (secondary N) is 2. The van der Waals surface area contributed by atoms with Gasteiger partial charge in [-0.05, 0) is 37.3 Å². The number of aryl methyl sites for hydroxylation is 1. The van der Waals surface area contributed by atoms with Crippen LogP contribution in [0.25, 0.3) is 10.9 Å². The molecule has 3 nitrogen and oxygen atoms in total. The van der Waals surface area contributed by atoms with Crippen molar-refractivity contribution < 1.29 is 0 Å². The molecule has 0 bridgehead atoms. The van der Waals surface area contributed by atoms with Crippen LogP contribution in [0.3, 0.4) is 0 Å². The van der Waals surface area contributed by atoms with Crippen LogP contribution in [0, 0.1) is 6.92 Å². The Hall–Kier alpha value is -3.07. The minimum absolute atomic E-state index is 0.00949. The lowest BCUT2D eigenvalue weighted by Gasteiger charge is -2.20. The zero-order chi connectivity index (χ0) is 16.4. The van der Waals surface area contributed by atoms with Crippen molar-refractivity contribution in [1.82, 2.24) is 9.97 Å². The molecule has 118 valence electrons. The summed E-state index contributed by atoms with van der Waals surface area (Å²) in [6.07, 6.45) is 1.85. The summed E-state index contributed by atoms with van der Waals surface area (Å²) >= 11 is 0. The molecule has 4 aromatic rings. The van der Waals surface area contributed by atoms with Crippen molar-refractivity contribution in [3.05, 3.63) is 95.9 Å². The Morgan fingerprint density at radius 1 is 0.875 bits per heavy atom. The van der Waals surface area contributed by atoms with E-state index < -0.39 is 0 Å². The van der Waals surface area contributed by atoms with E-state index in [1.807, 2.05) is 36.5 Å². The summed E-state index contributed by atoms with van der Waals surface area (Å²) in [5, 5.41) is 4.88. The van der Waals surface area contributed by atoms with E-state index >= 15 is 0 Å². The number of fused-ring (bicyclic) bond motifs is 1. The summed E-state index contributed by atoms with van der Waals surface area (Å²) in [6, 6.07) is 24.7. The minimum Gasteiger partial charge on any atom is -0.373 e. The first kappa shape index (κ1) is 14.5. The maximum Gasteiger partial charge on any atom is 0.0963 e. The number of aromatic amines is 1. The van der Waals surface area contributed by atoms with Crippen LogP contribution in [0.5, 0.6) is 0 Å². The molecular weight excluding hydrogens is 294 g/mol. The second kappa shape index (κ2) is 6.20. The highest BCUT2D eigenvalue weighted by Crippen LogP contribution is 2.33. The average Bonchev–Trinajstić information content (AvgIpc) is 2.97. The fourth-order valence-corrected chi connectivity index (χ4v) is 3.21. The van der Waals surface area contributed by atoms with E-state index in [1.54, 1.807) is 0 Å². The van der Waals surface area contributed by atoms with Gasteiger partial charge in [0.15, 0.2) is 0 Å². The molecular formula is C21H19N3. The number of para-hydroxylation sites is 2. The zero-order valence-corrected chi connectivity index (χ0v) is 13.5. The molecule has 2 aromatic heterocycles. The summed E-state index contributed by atoms with van der Waals surface area (Å²) in [6.45, 7) is 2.12. The van der Waals surface area contributed by atoms with Gasteiger partial charge in [0.05, 0.1) is 11.7 Å². The molecule has 2 aromatic carbocycles. The molecule has 0 spiro atoms. The van der Waals surface area contributed by atoms with Crippen LogP contribution in [-0.2, 0) is 0 Å². The van der Waals surface area contributed by atoms with Gasteiger partial charge in [0.2, 0.25) is 0 Å². The molecule has 1 atom stereocenters. The molecule has 2 N–H and O–H groups in total. The first-order valence-corrected chi connectivity index (χ1v) is 8.12. The van der Waals surface area contributed by atoms with Gasteiger partial charge in [-0.25, -0.2) is 0 Å². The largest absolute Gasteiger partial charge is 0.373 e. The molecule has 0 radical (unpaired) electrons. The van der Waals surface area contributed by atoms with E-state index in [-0.39, 0.29) is 6.04 Å². The predicted octanol–water partition coefficient (Wildman–Crippen LogP) is 5.07. The second-order valence-corrected chi connectivity index (χ2v) is 5.91. The number of rotatable bonds is 4. The van der Waals surface area contributed by atoms with Crippen LogP contribution < -0.4 is 5.32 Å². The van der Waals surface area contributed by atoms with E-state index in [1.165, 1.54) is 10.9 Å². The lowest BCUT2D eigenvalue weighted by atomic mass is 9.99. The maximum atomic E-state index is 4.60. The third-order valence-corrected chi connectivity index (χ3v) is 4.30. The van der Waals surface area contributed by atoms with Crippen molar-refractivity contribution in [2.45, 2.75) is 13.0 Å². The van der Waals surface area contributed by atoms with E-state index in [9.17, 15) is 0 Å². The number of aromatic nitrogens is 2. The topological polar surface area (TPSA) is 40.7 Å². The molecule has 4 rings (SSSR count). The van der Waals surface area contributed by atoms with Crippen LogP contribution in [0.2, 0.25) is 0 Å². The predicted molar refractivity (Wildman–Crippen MR) is 99.2 cm³/mol. The molecule has 1 unspecified atom stereocenters. The molecule has 2 heterocycles. The molecule has 0 amide bonds. The Labute approximate surface area is 141 Å². The molecule has 0 aliphatic heterocycles. The number of pyridine rings is 1. The van der Waals surface area contributed by atoms with Crippen LogP contribution in [-0.4, -0.2) is 9.97 Å². The van der Waals surface area contributed by atoms with Crippen LogP contribution in [0.1, 0.15) is 23.0 Å². The van der Waals surface area contributed by atoms with E-state index in [4.69, 9.17) is 0 Å². The summed E-state index contributed by atoms with van der Waals surface area (Å²) in [5.74, 6) is 0. The van der Waals surface area contributed by atoms with Gasteiger partial charge in [-0.15, -0.1) is 0 Å². The van der Waals surface area contributed by atoms with E-state index in [2.05, 4.69) is 64.7 Å². The number of anilines is 1. The van der Waals surface area contributed by atoms with Gasteiger partial charge in [0.1, 0.15) is 0 Å². The fourth-order valence-electron chi connectivity index (χ4n) is 3.21. The highest BCUT2D eigenvalue weighted by atomic mass is 15.0. The lowest BCUT2D eigenvalue weighted by Crippen LogP contribution is -2.14. The smallest absolute Gasteiger partial charge is 0.0963 e. The minimum atomic E-state index is -0.00949. The Kier molecular flexibility index (Phi) is 3.75. The molecule has 3 heteroatoms. The summed E-state index contributed by atoms with van der Waals surface area (Å²) < 4.78 is 0. The number of hydrogen-bond donors (Lipinski definition) is 2. The Morgan fingerprint density at radius 2 is 1.62 bits per heavy atom. The van der Waals surface area contributed by atoms with Crippen molar-refractivity contribution in [2.75, 3.05) is 5.32 Å². The van der Waals surface area contributed by atoms with Gasteiger partial charge >= 0.3 is 0 Å². The number of benzene rings is 2. The van der Waals surface area contributed by atoms with E-state index in [0.29, 0.717) is 0 Å². The normalized spacial score (nSPS) is 12.2. The first-order valence-electron chi connectivity index (χ1n) is 8.12. The van der Waals surface area contributed by atoms with E-state index in [0.717, 1.165) is 22.6 Å². The van der Waals surface area contributed by atoms with Crippen molar-refractivity contribution in [1.29, 1.82) is 0 Å². The number of nitrogens with zero attached hydrogens (tertiary/aromatic N) is 1. The Balaban J connectivity index is 1.87. The number of H-pyrrole nitrogens is 1. The lowest BCUT2D eigenvalue weighted by molar-refractivity contribution is 0.884. The van der Waals surface area contributed by atoms with Crippen molar-refractivity contribution in [3.8, 4) is 0 Å². The molecule has 0 fully saturated rings. The summed E-state index contributed by atoms with van der Waals surface area (Å²) in [7, 11) is 0. The SMILES string of the molecule is Cc1[nH]c2ccccc2c1C(Nc1ccccc1)c1ccccn1.